The van der Waals surface area contributed by atoms with Gasteiger partial charge in [-0.05, 0) is 55.3 Å². The van der Waals surface area contributed by atoms with Gasteiger partial charge in [0.25, 0.3) is 10.0 Å². The zero-order valence-electron chi connectivity index (χ0n) is 16.7. The number of rotatable bonds is 5. The minimum absolute atomic E-state index is 0.00460. The number of H-pyrrole nitrogens is 1. The average Bonchev–Trinajstić information content (AvgIpc) is 3.09. The quantitative estimate of drug-likeness (QED) is 0.397. The molecule has 2 aromatic heterocycles. The standard InChI is InChI=1S/C21H15Cl2N3O5S/c1-10-3-4-13(7-11(10)2)32(29,30)26-16-8-12(22)9-24-18(16)19(27)17-14(23)5-6-15-20(17)31-21(28)25-15/h3-9,26H,1-2H3,(H,25,28). The molecular formula is C21H15Cl2N3O5S. The van der Waals surface area contributed by atoms with Crippen molar-refractivity contribution in [3.63, 3.8) is 0 Å². The number of anilines is 1. The lowest BCUT2D eigenvalue weighted by Crippen LogP contribution is -2.17. The highest BCUT2D eigenvalue weighted by Crippen LogP contribution is 2.30. The van der Waals surface area contributed by atoms with Crippen molar-refractivity contribution in [3.05, 3.63) is 85.6 Å². The monoisotopic (exact) mass is 491 g/mol. The molecule has 0 spiro atoms. The first-order chi connectivity index (χ1) is 15.1. The number of ketones is 1. The number of aromatic nitrogens is 2. The normalized spacial score (nSPS) is 11.6. The maximum atomic E-state index is 13.3. The number of sulfonamides is 1. The predicted molar refractivity (Wildman–Crippen MR) is 121 cm³/mol. The number of aromatic amines is 1. The summed E-state index contributed by atoms with van der Waals surface area (Å²) >= 11 is 12.2. The van der Waals surface area contributed by atoms with Gasteiger partial charge in [-0.3, -0.25) is 14.5 Å². The Kier molecular flexibility index (Phi) is 5.58. The molecule has 2 N–H and O–H groups in total. The fraction of sp³-hybridized carbons (Fsp3) is 0.0952. The number of aryl methyl sites for hydroxylation is 2. The van der Waals surface area contributed by atoms with Gasteiger partial charge in [-0.2, -0.15) is 0 Å². The van der Waals surface area contributed by atoms with Crippen LogP contribution in [0.4, 0.5) is 5.69 Å². The van der Waals surface area contributed by atoms with Crippen molar-refractivity contribution in [1.29, 1.82) is 0 Å². The van der Waals surface area contributed by atoms with Gasteiger partial charge in [0, 0.05) is 6.20 Å². The van der Waals surface area contributed by atoms with Crippen molar-refractivity contribution in [3.8, 4) is 0 Å². The second-order valence-electron chi connectivity index (χ2n) is 7.04. The molecule has 0 atom stereocenters. The van der Waals surface area contributed by atoms with Crippen LogP contribution in [0.15, 0.2) is 56.7 Å². The summed E-state index contributed by atoms with van der Waals surface area (Å²) in [7, 11) is -4.07. The van der Waals surface area contributed by atoms with Crippen LogP contribution in [0, 0.1) is 13.8 Å². The van der Waals surface area contributed by atoms with Crippen LogP contribution >= 0.6 is 23.2 Å². The summed E-state index contributed by atoms with van der Waals surface area (Å²) in [5.74, 6) is -1.52. The van der Waals surface area contributed by atoms with Crippen molar-refractivity contribution in [2.24, 2.45) is 0 Å². The SMILES string of the molecule is Cc1ccc(S(=O)(=O)Nc2cc(Cl)cnc2C(=O)c2c(Cl)ccc3[nH]c(=O)oc23)cc1C. The van der Waals surface area contributed by atoms with Crippen LogP contribution in [-0.4, -0.2) is 24.2 Å². The third-order valence-electron chi connectivity index (χ3n) is 4.87. The van der Waals surface area contributed by atoms with E-state index in [1.54, 1.807) is 13.0 Å². The van der Waals surface area contributed by atoms with Gasteiger partial charge in [-0.25, -0.2) is 18.2 Å². The minimum atomic E-state index is -4.07. The zero-order chi connectivity index (χ0) is 23.2. The summed E-state index contributed by atoms with van der Waals surface area (Å²) < 4.78 is 33.4. The lowest BCUT2D eigenvalue weighted by Gasteiger charge is -2.13. The largest absolute Gasteiger partial charge is 0.417 e. The molecule has 2 aromatic carbocycles. The van der Waals surface area contributed by atoms with E-state index in [-0.39, 0.29) is 43.0 Å². The van der Waals surface area contributed by atoms with E-state index < -0.39 is 21.6 Å². The zero-order valence-corrected chi connectivity index (χ0v) is 19.0. The first kappa shape index (κ1) is 22.1. The van der Waals surface area contributed by atoms with Crippen LogP contribution in [0.1, 0.15) is 27.2 Å². The molecule has 0 saturated carbocycles. The van der Waals surface area contributed by atoms with E-state index in [4.69, 9.17) is 27.6 Å². The molecule has 0 unspecified atom stereocenters. The fourth-order valence-corrected chi connectivity index (χ4v) is 4.64. The number of nitrogens with one attached hydrogen (secondary N) is 2. The van der Waals surface area contributed by atoms with Gasteiger partial charge in [0.15, 0.2) is 5.58 Å². The van der Waals surface area contributed by atoms with Crippen LogP contribution in [0.25, 0.3) is 11.1 Å². The molecule has 2 heterocycles. The second-order valence-corrected chi connectivity index (χ2v) is 9.57. The Hall–Kier alpha value is -3.14. The van der Waals surface area contributed by atoms with Crippen LogP contribution in [0.2, 0.25) is 10.0 Å². The number of hydrogen-bond donors (Lipinski definition) is 2. The van der Waals surface area contributed by atoms with E-state index in [1.165, 1.54) is 36.5 Å². The van der Waals surface area contributed by atoms with Crippen LogP contribution < -0.4 is 10.5 Å². The maximum absolute atomic E-state index is 13.3. The van der Waals surface area contributed by atoms with Crippen LogP contribution in [0.5, 0.6) is 0 Å². The van der Waals surface area contributed by atoms with Crippen LogP contribution in [-0.2, 0) is 10.0 Å². The Balaban J connectivity index is 1.83. The number of hydrogen-bond acceptors (Lipinski definition) is 6. The Morgan fingerprint density at radius 2 is 1.84 bits per heavy atom. The molecule has 0 bridgehead atoms. The van der Waals surface area contributed by atoms with Gasteiger partial charge in [0.2, 0.25) is 5.78 Å². The third-order valence-corrected chi connectivity index (χ3v) is 6.75. The summed E-state index contributed by atoms with van der Waals surface area (Å²) in [5, 5.41) is 0.113. The molecule has 0 aliphatic carbocycles. The molecule has 4 rings (SSSR count). The molecule has 32 heavy (non-hydrogen) atoms. The topological polar surface area (TPSA) is 122 Å². The lowest BCUT2D eigenvalue weighted by atomic mass is 10.1. The molecule has 0 saturated heterocycles. The predicted octanol–water partition coefficient (Wildman–Crippen LogP) is 4.47. The van der Waals surface area contributed by atoms with Crippen LogP contribution in [0.3, 0.4) is 0 Å². The minimum Gasteiger partial charge on any atom is -0.407 e. The van der Waals surface area contributed by atoms with Crippen molar-refractivity contribution < 1.29 is 17.6 Å². The number of carbonyl (C=O) groups excluding carboxylic acids is 1. The summed E-state index contributed by atoms with van der Waals surface area (Å²) in [5.41, 5.74) is 1.37. The van der Waals surface area contributed by atoms with E-state index in [0.29, 0.717) is 0 Å². The van der Waals surface area contributed by atoms with Crippen molar-refractivity contribution in [1.82, 2.24) is 9.97 Å². The lowest BCUT2D eigenvalue weighted by molar-refractivity contribution is 0.103. The van der Waals surface area contributed by atoms with Crippen molar-refractivity contribution >= 4 is 55.8 Å². The summed E-state index contributed by atoms with van der Waals surface area (Å²) in [4.78, 5) is 31.4. The number of oxazole rings is 1. The average molecular weight is 492 g/mol. The third kappa shape index (κ3) is 4.02. The van der Waals surface area contributed by atoms with E-state index in [1.807, 2.05) is 6.92 Å². The second kappa shape index (κ2) is 8.09. The van der Waals surface area contributed by atoms with E-state index >= 15 is 0 Å². The highest BCUT2D eigenvalue weighted by atomic mass is 35.5. The molecule has 8 nitrogen and oxygen atoms in total. The molecule has 0 radical (unpaired) electrons. The van der Waals surface area contributed by atoms with Gasteiger partial charge in [-0.1, -0.05) is 29.3 Å². The molecule has 0 fully saturated rings. The Morgan fingerprint density at radius 3 is 2.56 bits per heavy atom. The first-order valence-corrected chi connectivity index (χ1v) is 11.4. The van der Waals surface area contributed by atoms with Gasteiger partial charge in [0.05, 0.1) is 31.7 Å². The molecule has 4 aromatic rings. The molecular weight excluding hydrogens is 477 g/mol. The Bertz CT molecular complexity index is 1560. The number of pyridine rings is 1. The summed E-state index contributed by atoms with van der Waals surface area (Å²) in [6.07, 6.45) is 1.20. The van der Waals surface area contributed by atoms with Gasteiger partial charge in [-0.15, -0.1) is 0 Å². The number of fused-ring (bicyclic) bond motifs is 1. The van der Waals surface area contributed by atoms with Gasteiger partial charge in [0.1, 0.15) is 5.69 Å². The van der Waals surface area contributed by atoms with Gasteiger partial charge < -0.3 is 4.42 Å². The smallest absolute Gasteiger partial charge is 0.407 e. The summed E-state index contributed by atoms with van der Waals surface area (Å²) in [6.45, 7) is 3.65. The van der Waals surface area contributed by atoms with E-state index in [2.05, 4.69) is 14.7 Å². The summed E-state index contributed by atoms with van der Waals surface area (Å²) in [6, 6.07) is 8.82. The van der Waals surface area contributed by atoms with Crippen molar-refractivity contribution in [2.45, 2.75) is 18.7 Å². The molecule has 11 heteroatoms. The highest BCUT2D eigenvalue weighted by Gasteiger charge is 2.26. The number of benzene rings is 2. The number of halogens is 2. The molecule has 0 amide bonds. The highest BCUT2D eigenvalue weighted by molar-refractivity contribution is 7.92. The Morgan fingerprint density at radius 1 is 1.09 bits per heavy atom. The van der Waals surface area contributed by atoms with E-state index in [0.717, 1.165) is 11.1 Å². The number of carbonyl (C=O) groups is 1. The van der Waals surface area contributed by atoms with Crippen molar-refractivity contribution in [2.75, 3.05) is 4.72 Å². The first-order valence-electron chi connectivity index (χ1n) is 9.18. The molecule has 0 aliphatic heterocycles. The molecule has 0 aliphatic rings. The molecule has 164 valence electrons. The van der Waals surface area contributed by atoms with E-state index in [9.17, 15) is 18.0 Å². The van der Waals surface area contributed by atoms with Gasteiger partial charge >= 0.3 is 5.76 Å². The fourth-order valence-electron chi connectivity index (χ4n) is 3.10. The number of nitrogens with zero attached hydrogens (tertiary/aromatic N) is 1. The maximum Gasteiger partial charge on any atom is 0.417 e. The Labute approximate surface area is 192 Å².